The average molecular weight is 320 g/mol. The summed E-state index contributed by atoms with van der Waals surface area (Å²) in [5.41, 5.74) is 0.751. The molecule has 1 unspecified atom stereocenters. The molecule has 1 saturated heterocycles. The first-order valence-electron chi connectivity index (χ1n) is 5.92. The molecule has 0 aliphatic carbocycles. The van der Waals surface area contributed by atoms with Crippen molar-refractivity contribution < 1.29 is 22.7 Å². The molecular formula is C12H14ClNO5S. The Kier molecular flexibility index (Phi) is 4.64. The highest BCUT2D eigenvalue weighted by atomic mass is 35.5. The van der Waals surface area contributed by atoms with Crippen LogP contribution >= 0.6 is 11.6 Å². The third-order valence-electron chi connectivity index (χ3n) is 2.80. The first-order valence-corrected chi connectivity index (χ1v) is 7.78. The molecule has 0 aromatic heterocycles. The summed E-state index contributed by atoms with van der Waals surface area (Å²) in [5.74, 6) is -0.749. The first kappa shape index (κ1) is 15.2. The number of sulfonamides is 1. The lowest BCUT2D eigenvalue weighted by Crippen LogP contribution is -2.44. The van der Waals surface area contributed by atoms with E-state index in [9.17, 15) is 13.2 Å². The minimum atomic E-state index is -3.97. The summed E-state index contributed by atoms with van der Waals surface area (Å²) in [5, 5.41) is 0.317. The number of benzene rings is 1. The average Bonchev–Trinajstić information content (AvgIpc) is 2.42. The minimum Gasteiger partial charge on any atom is -0.376 e. The van der Waals surface area contributed by atoms with Gasteiger partial charge in [-0.1, -0.05) is 17.7 Å². The Bertz CT molecular complexity index is 610. The van der Waals surface area contributed by atoms with Crippen molar-refractivity contribution in [1.29, 1.82) is 0 Å². The summed E-state index contributed by atoms with van der Waals surface area (Å²) < 4.78 is 36.3. The highest BCUT2D eigenvalue weighted by Crippen LogP contribution is 2.20. The maximum Gasteiger partial charge on any atom is 0.265 e. The van der Waals surface area contributed by atoms with E-state index in [4.69, 9.17) is 21.1 Å². The Balaban J connectivity index is 2.13. The van der Waals surface area contributed by atoms with Gasteiger partial charge in [0, 0.05) is 5.02 Å². The number of nitrogens with one attached hydrogen (secondary N) is 1. The molecule has 1 N–H and O–H groups in total. The number of carbonyl (C=O) groups is 1. The number of aryl methyl sites for hydroxylation is 1. The van der Waals surface area contributed by atoms with Gasteiger partial charge in [0.15, 0.2) is 6.10 Å². The number of amides is 1. The standard InChI is InChI=1S/C12H14ClNO5S/c1-8-2-3-9(6-10(8)13)20(16,17)14-12(15)11-7-18-4-5-19-11/h2-3,6,11H,4-5,7H2,1H3,(H,14,15). The molecule has 0 bridgehead atoms. The van der Waals surface area contributed by atoms with E-state index in [0.29, 0.717) is 11.6 Å². The molecule has 0 saturated carbocycles. The van der Waals surface area contributed by atoms with Gasteiger partial charge in [-0.3, -0.25) is 4.79 Å². The number of carbonyl (C=O) groups excluding carboxylic acids is 1. The third kappa shape index (κ3) is 3.49. The van der Waals surface area contributed by atoms with Crippen molar-refractivity contribution in [1.82, 2.24) is 4.72 Å². The Morgan fingerprint density at radius 3 is 2.75 bits per heavy atom. The first-order chi connectivity index (χ1) is 9.40. The van der Waals surface area contributed by atoms with Crippen molar-refractivity contribution in [2.45, 2.75) is 17.9 Å². The number of hydrogen-bond acceptors (Lipinski definition) is 5. The maximum atomic E-state index is 12.1. The predicted octanol–water partition coefficient (Wildman–Crippen LogP) is 0.869. The molecule has 1 aromatic carbocycles. The quantitative estimate of drug-likeness (QED) is 0.894. The van der Waals surface area contributed by atoms with Crippen molar-refractivity contribution >= 4 is 27.5 Å². The van der Waals surface area contributed by atoms with Crippen molar-refractivity contribution in [3.05, 3.63) is 28.8 Å². The van der Waals surface area contributed by atoms with Crippen LogP contribution in [-0.4, -0.2) is 40.2 Å². The summed E-state index contributed by atoms with van der Waals surface area (Å²) in [4.78, 5) is 11.7. The molecule has 0 radical (unpaired) electrons. The molecule has 1 amide bonds. The van der Waals surface area contributed by atoms with Gasteiger partial charge in [-0.15, -0.1) is 0 Å². The second-order valence-electron chi connectivity index (χ2n) is 4.32. The third-order valence-corrected chi connectivity index (χ3v) is 4.55. The molecule has 0 spiro atoms. The smallest absolute Gasteiger partial charge is 0.265 e. The Labute approximate surface area is 122 Å². The van der Waals surface area contributed by atoms with Gasteiger partial charge in [-0.05, 0) is 24.6 Å². The second-order valence-corrected chi connectivity index (χ2v) is 6.40. The van der Waals surface area contributed by atoms with E-state index in [0.717, 1.165) is 5.56 Å². The van der Waals surface area contributed by atoms with E-state index < -0.39 is 22.0 Å². The van der Waals surface area contributed by atoms with Crippen molar-refractivity contribution in [3.8, 4) is 0 Å². The highest BCUT2D eigenvalue weighted by Gasteiger charge is 2.27. The molecule has 1 fully saturated rings. The van der Waals surface area contributed by atoms with Crippen LogP contribution in [0.4, 0.5) is 0 Å². The summed E-state index contributed by atoms with van der Waals surface area (Å²) in [7, 11) is -3.97. The second kappa shape index (κ2) is 6.09. The number of rotatable bonds is 3. The van der Waals surface area contributed by atoms with Crippen molar-refractivity contribution in [3.63, 3.8) is 0 Å². The molecule has 110 valence electrons. The fourth-order valence-electron chi connectivity index (χ4n) is 1.64. The zero-order valence-electron chi connectivity index (χ0n) is 10.8. The van der Waals surface area contributed by atoms with Crippen LogP contribution in [0.5, 0.6) is 0 Å². The molecule has 1 aromatic rings. The van der Waals surface area contributed by atoms with Crippen LogP contribution in [0.1, 0.15) is 5.56 Å². The van der Waals surface area contributed by atoms with E-state index in [1.54, 1.807) is 13.0 Å². The number of ether oxygens (including phenoxy) is 2. The molecular weight excluding hydrogens is 306 g/mol. The van der Waals surface area contributed by atoms with Gasteiger partial charge in [0.05, 0.1) is 24.7 Å². The van der Waals surface area contributed by atoms with Crippen LogP contribution in [0.25, 0.3) is 0 Å². The lowest BCUT2D eigenvalue weighted by molar-refractivity contribution is -0.145. The lowest BCUT2D eigenvalue weighted by Gasteiger charge is -2.21. The molecule has 2 rings (SSSR count). The Hall–Kier alpha value is -1.15. The monoisotopic (exact) mass is 319 g/mol. The van der Waals surface area contributed by atoms with E-state index in [-0.39, 0.29) is 18.1 Å². The van der Waals surface area contributed by atoms with E-state index in [1.165, 1.54) is 12.1 Å². The molecule has 1 aliphatic rings. The van der Waals surface area contributed by atoms with Crippen LogP contribution in [0.2, 0.25) is 5.02 Å². The largest absolute Gasteiger partial charge is 0.376 e. The molecule has 6 nitrogen and oxygen atoms in total. The molecule has 8 heteroatoms. The van der Waals surface area contributed by atoms with Gasteiger partial charge in [-0.25, -0.2) is 13.1 Å². The highest BCUT2D eigenvalue weighted by molar-refractivity contribution is 7.90. The SMILES string of the molecule is Cc1ccc(S(=O)(=O)NC(=O)C2COCCO2)cc1Cl. The Morgan fingerprint density at radius 1 is 1.40 bits per heavy atom. The number of halogens is 1. The zero-order chi connectivity index (χ0) is 14.8. The van der Waals surface area contributed by atoms with Crippen LogP contribution in [-0.2, 0) is 24.3 Å². The van der Waals surface area contributed by atoms with Crippen molar-refractivity contribution in [2.24, 2.45) is 0 Å². The van der Waals surface area contributed by atoms with Gasteiger partial charge < -0.3 is 9.47 Å². The number of hydrogen-bond donors (Lipinski definition) is 1. The predicted molar refractivity (Wildman–Crippen MR) is 72.1 cm³/mol. The maximum absolute atomic E-state index is 12.1. The lowest BCUT2D eigenvalue weighted by atomic mass is 10.2. The minimum absolute atomic E-state index is 0.0377. The van der Waals surface area contributed by atoms with Gasteiger partial charge in [0.25, 0.3) is 15.9 Å². The van der Waals surface area contributed by atoms with Crippen molar-refractivity contribution in [2.75, 3.05) is 19.8 Å². The molecule has 1 atom stereocenters. The van der Waals surface area contributed by atoms with E-state index >= 15 is 0 Å². The van der Waals surface area contributed by atoms with Crippen LogP contribution in [0.15, 0.2) is 23.1 Å². The van der Waals surface area contributed by atoms with Crippen LogP contribution in [0, 0.1) is 6.92 Å². The van der Waals surface area contributed by atoms with E-state index in [1.807, 2.05) is 4.72 Å². The molecule has 20 heavy (non-hydrogen) atoms. The Morgan fingerprint density at radius 2 is 2.15 bits per heavy atom. The summed E-state index contributed by atoms with van der Waals surface area (Å²) in [6.45, 7) is 2.44. The fraction of sp³-hybridized carbons (Fsp3) is 0.417. The topological polar surface area (TPSA) is 81.7 Å². The summed E-state index contributed by atoms with van der Waals surface area (Å²) in [6, 6.07) is 4.25. The zero-order valence-corrected chi connectivity index (χ0v) is 12.3. The van der Waals surface area contributed by atoms with Crippen LogP contribution in [0.3, 0.4) is 0 Å². The summed E-state index contributed by atoms with van der Waals surface area (Å²) >= 11 is 5.88. The normalized spacial score (nSPS) is 19.6. The van der Waals surface area contributed by atoms with Gasteiger partial charge in [0.1, 0.15) is 0 Å². The van der Waals surface area contributed by atoms with Gasteiger partial charge in [0.2, 0.25) is 0 Å². The van der Waals surface area contributed by atoms with Gasteiger partial charge >= 0.3 is 0 Å². The molecule has 1 heterocycles. The van der Waals surface area contributed by atoms with Crippen LogP contribution < -0.4 is 4.72 Å². The fourth-order valence-corrected chi connectivity index (χ4v) is 2.92. The van der Waals surface area contributed by atoms with E-state index in [2.05, 4.69) is 0 Å². The van der Waals surface area contributed by atoms with Gasteiger partial charge in [-0.2, -0.15) is 0 Å². The summed E-state index contributed by atoms with van der Waals surface area (Å²) in [6.07, 6.45) is -0.917. The molecule has 1 aliphatic heterocycles.